The zero-order valence-corrected chi connectivity index (χ0v) is 13.5. The summed E-state index contributed by atoms with van der Waals surface area (Å²) in [6, 6.07) is 8.40. The number of benzene rings is 1. The van der Waals surface area contributed by atoms with Gasteiger partial charge in [-0.1, -0.05) is 26.0 Å². The van der Waals surface area contributed by atoms with Crippen molar-refractivity contribution in [3.8, 4) is 0 Å². The lowest BCUT2D eigenvalue weighted by Gasteiger charge is -2.12. The second kappa shape index (κ2) is 6.70. The van der Waals surface area contributed by atoms with E-state index in [0.717, 1.165) is 28.3 Å². The molecule has 0 unspecified atom stereocenters. The normalized spacial score (nSPS) is 10.7. The van der Waals surface area contributed by atoms with E-state index in [4.69, 9.17) is 0 Å². The Labute approximate surface area is 128 Å². The molecule has 1 aromatic heterocycles. The third-order valence-corrected chi connectivity index (χ3v) is 3.72. The molecule has 2 N–H and O–H groups in total. The number of rotatable bonds is 5. The van der Waals surface area contributed by atoms with Crippen LogP contribution in [-0.2, 0) is 0 Å². The molecule has 0 atom stereocenters. The predicted octanol–water partition coefficient (Wildman–Crippen LogP) is 4.54. The fraction of sp³-hybridized carbons (Fsp3) is 0.333. The molecule has 0 bridgehead atoms. The summed E-state index contributed by atoms with van der Waals surface area (Å²) in [4.78, 5) is 8.46. The monoisotopic (exact) mass is 334 g/mol. The Balaban J connectivity index is 2.19. The maximum absolute atomic E-state index is 4.26. The average molecular weight is 335 g/mol. The summed E-state index contributed by atoms with van der Waals surface area (Å²) >= 11 is 3.53. The van der Waals surface area contributed by atoms with Crippen LogP contribution in [0.5, 0.6) is 0 Å². The van der Waals surface area contributed by atoms with Crippen LogP contribution in [0.15, 0.2) is 35.1 Å². The maximum Gasteiger partial charge on any atom is 0.150 e. The van der Waals surface area contributed by atoms with Gasteiger partial charge >= 0.3 is 0 Å². The summed E-state index contributed by atoms with van der Waals surface area (Å²) in [6.07, 6.45) is 1.55. The van der Waals surface area contributed by atoms with Crippen LogP contribution in [0.25, 0.3) is 0 Å². The van der Waals surface area contributed by atoms with Gasteiger partial charge in [0.2, 0.25) is 0 Å². The van der Waals surface area contributed by atoms with E-state index >= 15 is 0 Å². The van der Waals surface area contributed by atoms with Gasteiger partial charge in [-0.25, -0.2) is 9.97 Å². The molecule has 0 aliphatic rings. The SMILES string of the molecule is CCNc1ncnc(Nc2ccc(C(C)C)cc2)c1Br. The van der Waals surface area contributed by atoms with Gasteiger partial charge in [0.25, 0.3) is 0 Å². The average Bonchev–Trinajstić information content (AvgIpc) is 2.44. The van der Waals surface area contributed by atoms with Crippen molar-refractivity contribution in [1.29, 1.82) is 0 Å². The van der Waals surface area contributed by atoms with E-state index in [0.29, 0.717) is 5.92 Å². The summed E-state index contributed by atoms with van der Waals surface area (Å²) in [5, 5.41) is 6.49. The Morgan fingerprint density at radius 3 is 2.35 bits per heavy atom. The summed E-state index contributed by atoms with van der Waals surface area (Å²) in [5.74, 6) is 2.09. The Morgan fingerprint density at radius 1 is 1.10 bits per heavy atom. The van der Waals surface area contributed by atoms with E-state index in [-0.39, 0.29) is 0 Å². The lowest BCUT2D eigenvalue weighted by molar-refractivity contribution is 0.867. The molecule has 106 valence electrons. The van der Waals surface area contributed by atoms with Gasteiger partial charge < -0.3 is 10.6 Å². The first-order chi connectivity index (χ1) is 9.61. The third kappa shape index (κ3) is 3.48. The molecule has 0 aliphatic carbocycles. The van der Waals surface area contributed by atoms with Crippen LogP contribution >= 0.6 is 15.9 Å². The predicted molar refractivity (Wildman–Crippen MR) is 87.7 cm³/mol. The van der Waals surface area contributed by atoms with Crippen molar-refractivity contribution in [2.24, 2.45) is 0 Å². The topological polar surface area (TPSA) is 49.8 Å². The van der Waals surface area contributed by atoms with Crippen LogP contribution in [0.1, 0.15) is 32.3 Å². The first kappa shape index (κ1) is 14.8. The number of hydrogen-bond acceptors (Lipinski definition) is 4. The second-order valence-corrected chi connectivity index (χ2v) is 5.61. The Kier molecular flexibility index (Phi) is 4.95. The highest BCUT2D eigenvalue weighted by Crippen LogP contribution is 2.29. The van der Waals surface area contributed by atoms with Gasteiger partial charge in [-0.05, 0) is 46.5 Å². The summed E-state index contributed by atoms with van der Waals surface area (Å²) in [6.45, 7) is 7.22. The largest absolute Gasteiger partial charge is 0.369 e. The molecule has 2 rings (SSSR count). The highest BCUT2D eigenvalue weighted by molar-refractivity contribution is 9.10. The molecule has 20 heavy (non-hydrogen) atoms. The van der Waals surface area contributed by atoms with Crippen LogP contribution in [-0.4, -0.2) is 16.5 Å². The summed E-state index contributed by atoms with van der Waals surface area (Å²) in [7, 11) is 0. The van der Waals surface area contributed by atoms with Gasteiger partial charge in [0.1, 0.15) is 22.4 Å². The van der Waals surface area contributed by atoms with E-state index < -0.39 is 0 Å². The molecule has 0 aliphatic heterocycles. The first-order valence-corrected chi connectivity index (χ1v) is 7.52. The van der Waals surface area contributed by atoms with E-state index in [1.54, 1.807) is 6.33 Å². The molecule has 0 amide bonds. The Hall–Kier alpha value is -1.62. The fourth-order valence-electron chi connectivity index (χ4n) is 1.84. The Morgan fingerprint density at radius 2 is 1.75 bits per heavy atom. The molecule has 0 spiro atoms. The van der Waals surface area contributed by atoms with Crippen molar-refractivity contribution < 1.29 is 0 Å². The second-order valence-electron chi connectivity index (χ2n) is 4.82. The fourth-order valence-corrected chi connectivity index (χ4v) is 2.28. The number of hydrogen-bond donors (Lipinski definition) is 2. The minimum atomic E-state index is 0.537. The van der Waals surface area contributed by atoms with E-state index in [1.165, 1.54) is 5.56 Å². The van der Waals surface area contributed by atoms with Crippen molar-refractivity contribution >= 4 is 33.3 Å². The molecule has 0 fully saturated rings. The molecule has 1 aromatic carbocycles. The molecule has 5 heteroatoms. The van der Waals surface area contributed by atoms with Crippen LogP contribution in [0.4, 0.5) is 17.3 Å². The number of anilines is 3. The van der Waals surface area contributed by atoms with E-state index in [9.17, 15) is 0 Å². The van der Waals surface area contributed by atoms with Crippen LogP contribution < -0.4 is 10.6 Å². The molecule has 0 saturated carbocycles. The van der Waals surface area contributed by atoms with E-state index in [2.05, 4.69) is 74.6 Å². The zero-order valence-electron chi connectivity index (χ0n) is 11.9. The minimum absolute atomic E-state index is 0.537. The number of nitrogens with zero attached hydrogens (tertiary/aromatic N) is 2. The summed E-state index contributed by atoms with van der Waals surface area (Å²) < 4.78 is 0.842. The van der Waals surface area contributed by atoms with Gasteiger partial charge in [-0.2, -0.15) is 0 Å². The van der Waals surface area contributed by atoms with E-state index in [1.807, 2.05) is 6.92 Å². The molecule has 4 nitrogen and oxygen atoms in total. The highest BCUT2D eigenvalue weighted by Gasteiger charge is 2.08. The van der Waals surface area contributed by atoms with Crippen LogP contribution in [0.3, 0.4) is 0 Å². The Bertz CT molecular complexity index is 567. The van der Waals surface area contributed by atoms with Gasteiger partial charge in [0.15, 0.2) is 0 Å². The van der Waals surface area contributed by atoms with Crippen LogP contribution in [0, 0.1) is 0 Å². The highest BCUT2D eigenvalue weighted by atomic mass is 79.9. The maximum atomic E-state index is 4.26. The minimum Gasteiger partial charge on any atom is -0.369 e. The van der Waals surface area contributed by atoms with Crippen molar-refractivity contribution in [1.82, 2.24) is 9.97 Å². The number of halogens is 1. The van der Waals surface area contributed by atoms with Crippen molar-refractivity contribution in [3.05, 3.63) is 40.6 Å². The molecule has 1 heterocycles. The standard InChI is InChI=1S/C15H19BrN4/c1-4-17-14-13(16)15(19-9-18-14)20-12-7-5-11(6-8-12)10(2)3/h5-10H,4H2,1-3H3,(H2,17,18,19,20). The third-order valence-electron chi connectivity index (χ3n) is 2.97. The molecule has 0 radical (unpaired) electrons. The van der Waals surface area contributed by atoms with Gasteiger partial charge in [-0.3, -0.25) is 0 Å². The summed E-state index contributed by atoms with van der Waals surface area (Å²) in [5.41, 5.74) is 2.34. The van der Waals surface area contributed by atoms with Gasteiger partial charge in [0.05, 0.1) is 0 Å². The lowest BCUT2D eigenvalue weighted by Crippen LogP contribution is -2.03. The zero-order chi connectivity index (χ0) is 14.5. The van der Waals surface area contributed by atoms with Crippen LogP contribution in [0.2, 0.25) is 0 Å². The van der Waals surface area contributed by atoms with Crippen molar-refractivity contribution in [2.75, 3.05) is 17.2 Å². The molecule has 0 saturated heterocycles. The van der Waals surface area contributed by atoms with Crippen molar-refractivity contribution in [3.63, 3.8) is 0 Å². The number of aromatic nitrogens is 2. The smallest absolute Gasteiger partial charge is 0.150 e. The first-order valence-electron chi connectivity index (χ1n) is 6.73. The van der Waals surface area contributed by atoms with Gasteiger partial charge in [-0.15, -0.1) is 0 Å². The number of nitrogens with one attached hydrogen (secondary N) is 2. The van der Waals surface area contributed by atoms with Crippen molar-refractivity contribution in [2.45, 2.75) is 26.7 Å². The quantitative estimate of drug-likeness (QED) is 0.842. The lowest BCUT2D eigenvalue weighted by atomic mass is 10.0. The molecule has 2 aromatic rings. The molecular formula is C15H19BrN4. The molecular weight excluding hydrogens is 316 g/mol. The van der Waals surface area contributed by atoms with Gasteiger partial charge in [0, 0.05) is 12.2 Å².